The molecule has 0 amide bonds. The Morgan fingerprint density at radius 3 is 2.87 bits per heavy atom. The molecule has 3 nitrogen and oxygen atoms in total. The summed E-state index contributed by atoms with van der Waals surface area (Å²) < 4.78 is 0. The summed E-state index contributed by atoms with van der Waals surface area (Å²) >= 11 is 0. The molecular formula is C12H18N2O. The average Bonchev–Trinajstić information content (AvgIpc) is 3.04. The minimum Gasteiger partial charge on any atom is -0.389 e. The highest BCUT2D eigenvalue weighted by Gasteiger charge is 2.28. The van der Waals surface area contributed by atoms with Crippen molar-refractivity contribution in [1.82, 2.24) is 4.98 Å². The molecule has 1 heterocycles. The van der Waals surface area contributed by atoms with Crippen LogP contribution in [0.2, 0.25) is 0 Å². The fourth-order valence-corrected chi connectivity index (χ4v) is 1.84. The number of anilines is 1. The molecule has 1 N–H and O–H groups in total. The molecule has 1 saturated carbocycles. The van der Waals surface area contributed by atoms with Crippen LogP contribution >= 0.6 is 0 Å². The Morgan fingerprint density at radius 2 is 2.33 bits per heavy atom. The second kappa shape index (κ2) is 4.19. The van der Waals surface area contributed by atoms with Crippen LogP contribution in [0.15, 0.2) is 18.3 Å². The van der Waals surface area contributed by atoms with Gasteiger partial charge in [0.05, 0.1) is 6.10 Å². The molecule has 82 valence electrons. The molecule has 1 unspecified atom stereocenters. The molecule has 3 heteroatoms. The van der Waals surface area contributed by atoms with E-state index in [1.165, 1.54) is 12.8 Å². The van der Waals surface area contributed by atoms with E-state index in [1.54, 1.807) is 13.1 Å². The molecule has 0 aromatic carbocycles. The number of aliphatic hydroxyl groups is 1. The molecule has 0 bridgehead atoms. The highest BCUT2D eigenvalue weighted by Crippen LogP contribution is 2.31. The first-order valence-electron chi connectivity index (χ1n) is 5.63. The van der Waals surface area contributed by atoms with Crippen LogP contribution in [-0.2, 0) is 0 Å². The van der Waals surface area contributed by atoms with Crippen LogP contribution < -0.4 is 4.90 Å². The van der Waals surface area contributed by atoms with Gasteiger partial charge in [-0.15, -0.1) is 0 Å². The zero-order valence-electron chi connectivity index (χ0n) is 9.35. The number of aliphatic hydroxyl groups excluding tert-OH is 1. The van der Waals surface area contributed by atoms with Gasteiger partial charge in [0.15, 0.2) is 0 Å². The maximum atomic E-state index is 9.51. The number of nitrogens with zero attached hydrogens (tertiary/aromatic N) is 2. The van der Waals surface area contributed by atoms with Crippen molar-refractivity contribution >= 4 is 5.82 Å². The van der Waals surface area contributed by atoms with Gasteiger partial charge < -0.3 is 10.0 Å². The lowest BCUT2D eigenvalue weighted by molar-refractivity contribution is 0.199. The number of hydrogen-bond donors (Lipinski definition) is 1. The van der Waals surface area contributed by atoms with Gasteiger partial charge in [0.25, 0.3) is 0 Å². The summed E-state index contributed by atoms with van der Waals surface area (Å²) in [6.45, 7) is 4.92. The molecule has 0 saturated heterocycles. The van der Waals surface area contributed by atoms with E-state index in [1.807, 2.05) is 12.1 Å². The summed E-state index contributed by atoms with van der Waals surface area (Å²) in [5.74, 6) is 0.999. The van der Waals surface area contributed by atoms with Crippen molar-refractivity contribution in [2.45, 2.75) is 38.8 Å². The summed E-state index contributed by atoms with van der Waals surface area (Å²) in [4.78, 5) is 6.68. The predicted molar refractivity (Wildman–Crippen MR) is 60.9 cm³/mol. The number of hydrogen-bond acceptors (Lipinski definition) is 3. The van der Waals surface area contributed by atoms with Crippen molar-refractivity contribution < 1.29 is 5.11 Å². The molecule has 1 aliphatic carbocycles. The topological polar surface area (TPSA) is 36.4 Å². The Balaban J connectivity index is 2.22. The minimum atomic E-state index is -0.412. The second-order valence-electron chi connectivity index (χ2n) is 4.14. The third-order valence-electron chi connectivity index (χ3n) is 2.87. The molecule has 0 spiro atoms. The Morgan fingerprint density at radius 1 is 1.60 bits per heavy atom. The first-order valence-corrected chi connectivity index (χ1v) is 5.63. The third-order valence-corrected chi connectivity index (χ3v) is 2.87. The van der Waals surface area contributed by atoms with Crippen LogP contribution in [0, 0.1) is 0 Å². The molecule has 1 fully saturated rings. The van der Waals surface area contributed by atoms with Gasteiger partial charge in [-0.2, -0.15) is 0 Å². The van der Waals surface area contributed by atoms with Crippen LogP contribution in [0.25, 0.3) is 0 Å². The van der Waals surface area contributed by atoms with Gasteiger partial charge >= 0.3 is 0 Å². The van der Waals surface area contributed by atoms with E-state index in [2.05, 4.69) is 16.8 Å². The predicted octanol–water partition coefficient (Wildman–Crippen LogP) is 2.12. The van der Waals surface area contributed by atoms with Crippen molar-refractivity contribution in [3.05, 3.63) is 23.9 Å². The van der Waals surface area contributed by atoms with Crippen LogP contribution in [0.5, 0.6) is 0 Å². The fourth-order valence-electron chi connectivity index (χ4n) is 1.84. The summed E-state index contributed by atoms with van der Waals surface area (Å²) in [5, 5.41) is 9.51. The Hall–Kier alpha value is -1.09. The van der Waals surface area contributed by atoms with E-state index in [-0.39, 0.29) is 0 Å². The van der Waals surface area contributed by atoms with Gasteiger partial charge in [-0.25, -0.2) is 4.98 Å². The normalized spacial score (nSPS) is 17.5. The van der Waals surface area contributed by atoms with E-state index in [0.717, 1.165) is 17.9 Å². The van der Waals surface area contributed by atoms with Crippen molar-refractivity contribution in [2.75, 3.05) is 11.4 Å². The SMILES string of the molecule is CCN(c1cc(C(C)O)ccn1)C1CC1. The van der Waals surface area contributed by atoms with Crippen LogP contribution in [0.4, 0.5) is 5.82 Å². The maximum Gasteiger partial charge on any atom is 0.129 e. The van der Waals surface area contributed by atoms with Crippen molar-refractivity contribution in [3.63, 3.8) is 0 Å². The van der Waals surface area contributed by atoms with Crippen LogP contribution in [0.1, 0.15) is 38.4 Å². The number of rotatable bonds is 4. The first kappa shape index (κ1) is 10.4. The lowest BCUT2D eigenvalue weighted by Gasteiger charge is -2.22. The van der Waals surface area contributed by atoms with Crippen LogP contribution in [0.3, 0.4) is 0 Å². The maximum absolute atomic E-state index is 9.51. The summed E-state index contributed by atoms with van der Waals surface area (Å²) in [7, 11) is 0. The van der Waals surface area contributed by atoms with Gasteiger partial charge in [-0.05, 0) is 44.4 Å². The molecule has 0 aliphatic heterocycles. The van der Waals surface area contributed by atoms with Gasteiger partial charge in [0.2, 0.25) is 0 Å². The van der Waals surface area contributed by atoms with E-state index in [0.29, 0.717) is 6.04 Å². The Bertz CT molecular complexity index is 334. The van der Waals surface area contributed by atoms with Gasteiger partial charge in [-0.3, -0.25) is 0 Å². The molecule has 15 heavy (non-hydrogen) atoms. The van der Waals surface area contributed by atoms with E-state index < -0.39 is 6.10 Å². The standard InChI is InChI=1S/C12H18N2O/c1-3-14(11-4-5-11)12-8-10(9(2)15)6-7-13-12/h6-9,11,15H,3-5H2,1-2H3. The number of pyridine rings is 1. The molecule has 2 rings (SSSR count). The summed E-state index contributed by atoms with van der Waals surface area (Å²) in [6, 6.07) is 4.54. The molecule has 1 atom stereocenters. The zero-order valence-corrected chi connectivity index (χ0v) is 9.35. The van der Waals surface area contributed by atoms with Gasteiger partial charge in [-0.1, -0.05) is 0 Å². The number of aromatic nitrogens is 1. The van der Waals surface area contributed by atoms with Crippen molar-refractivity contribution in [3.8, 4) is 0 Å². The Kier molecular flexibility index (Phi) is 2.91. The lowest BCUT2D eigenvalue weighted by atomic mass is 10.1. The van der Waals surface area contributed by atoms with E-state index in [9.17, 15) is 5.11 Å². The first-order chi connectivity index (χ1) is 7.22. The zero-order chi connectivity index (χ0) is 10.8. The highest BCUT2D eigenvalue weighted by molar-refractivity contribution is 5.43. The molecule has 1 aliphatic rings. The molecule has 0 radical (unpaired) electrons. The Labute approximate surface area is 90.8 Å². The molecular weight excluding hydrogens is 188 g/mol. The van der Waals surface area contributed by atoms with Crippen molar-refractivity contribution in [1.29, 1.82) is 0 Å². The largest absolute Gasteiger partial charge is 0.389 e. The second-order valence-corrected chi connectivity index (χ2v) is 4.14. The molecule has 1 aromatic heterocycles. The quantitative estimate of drug-likeness (QED) is 0.819. The average molecular weight is 206 g/mol. The van der Waals surface area contributed by atoms with E-state index >= 15 is 0 Å². The van der Waals surface area contributed by atoms with E-state index in [4.69, 9.17) is 0 Å². The monoisotopic (exact) mass is 206 g/mol. The highest BCUT2D eigenvalue weighted by atomic mass is 16.3. The fraction of sp³-hybridized carbons (Fsp3) is 0.583. The third kappa shape index (κ3) is 2.29. The smallest absolute Gasteiger partial charge is 0.129 e. The van der Waals surface area contributed by atoms with Crippen molar-refractivity contribution in [2.24, 2.45) is 0 Å². The summed E-state index contributed by atoms with van der Waals surface area (Å²) in [6.07, 6.45) is 3.91. The summed E-state index contributed by atoms with van der Waals surface area (Å²) in [5.41, 5.74) is 0.944. The van der Waals surface area contributed by atoms with Gasteiger partial charge in [0.1, 0.15) is 5.82 Å². The minimum absolute atomic E-state index is 0.412. The van der Waals surface area contributed by atoms with Crippen LogP contribution in [-0.4, -0.2) is 22.7 Å². The lowest BCUT2D eigenvalue weighted by Crippen LogP contribution is -2.26. The molecule has 1 aromatic rings. The van der Waals surface area contributed by atoms with Gasteiger partial charge in [0, 0.05) is 18.8 Å².